The summed E-state index contributed by atoms with van der Waals surface area (Å²) in [6.07, 6.45) is 0.300. The highest BCUT2D eigenvalue weighted by Gasteiger charge is 2.21. The quantitative estimate of drug-likeness (QED) is 0.586. The summed E-state index contributed by atoms with van der Waals surface area (Å²) in [5, 5.41) is 9.13. The van der Waals surface area contributed by atoms with Crippen LogP contribution in [0.25, 0.3) is 0 Å². The van der Waals surface area contributed by atoms with Gasteiger partial charge in [-0.05, 0) is 35.2 Å². The third kappa shape index (κ3) is 5.37. The summed E-state index contributed by atoms with van der Waals surface area (Å²) in [6, 6.07) is 14.6. The number of sulfonamides is 1. The van der Waals surface area contributed by atoms with Crippen molar-refractivity contribution in [1.29, 1.82) is 0 Å². The number of primary sulfonamides is 1. The first-order valence-corrected chi connectivity index (χ1v) is 10.7. The van der Waals surface area contributed by atoms with Crippen molar-refractivity contribution in [3.05, 3.63) is 76.0 Å². The SMILES string of the molecule is NS(=O)(=O)c1ccsc1C(=O)Nc1ccc(OC(F)F)c(Cc2ccccc2)c1. The average molecular weight is 438 g/mol. The maximum atomic E-state index is 12.7. The maximum Gasteiger partial charge on any atom is 0.387 e. The Morgan fingerprint density at radius 3 is 2.52 bits per heavy atom. The zero-order valence-electron chi connectivity index (χ0n) is 14.8. The third-order valence-corrected chi connectivity index (χ3v) is 5.91. The van der Waals surface area contributed by atoms with Gasteiger partial charge in [0, 0.05) is 17.7 Å². The lowest BCUT2D eigenvalue weighted by atomic mass is 10.0. The van der Waals surface area contributed by atoms with Crippen molar-refractivity contribution in [3.63, 3.8) is 0 Å². The van der Waals surface area contributed by atoms with Gasteiger partial charge in [-0.3, -0.25) is 4.79 Å². The van der Waals surface area contributed by atoms with E-state index in [0.717, 1.165) is 16.9 Å². The molecule has 1 aromatic heterocycles. The van der Waals surface area contributed by atoms with Crippen molar-refractivity contribution in [1.82, 2.24) is 0 Å². The van der Waals surface area contributed by atoms with Crippen LogP contribution in [0.4, 0.5) is 14.5 Å². The lowest BCUT2D eigenvalue weighted by molar-refractivity contribution is -0.0503. The zero-order valence-corrected chi connectivity index (χ0v) is 16.5. The third-order valence-electron chi connectivity index (χ3n) is 3.91. The number of ether oxygens (including phenoxy) is 1. The molecule has 1 heterocycles. The van der Waals surface area contributed by atoms with Gasteiger partial charge in [0.15, 0.2) is 0 Å². The maximum absolute atomic E-state index is 12.7. The fourth-order valence-electron chi connectivity index (χ4n) is 2.70. The van der Waals surface area contributed by atoms with Gasteiger partial charge in [0.2, 0.25) is 10.0 Å². The normalized spacial score (nSPS) is 11.4. The van der Waals surface area contributed by atoms with Gasteiger partial charge >= 0.3 is 6.61 Å². The highest BCUT2D eigenvalue weighted by atomic mass is 32.2. The number of carbonyl (C=O) groups excluding carboxylic acids is 1. The minimum Gasteiger partial charge on any atom is -0.435 e. The van der Waals surface area contributed by atoms with Gasteiger partial charge in [-0.2, -0.15) is 8.78 Å². The van der Waals surface area contributed by atoms with E-state index in [1.807, 2.05) is 30.3 Å². The summed E-state index contributed by atoms with van der Waals surface area (Å²) in [7, 11) is -4.05. The molecule has 0 spiro atoms. The van der Waals surface area contributed by atoms with Gasteiger partial charge in [0.1, 0.15) is 15.5 Å². The van der Waals surface area contributed by atoms with Crippen molar-refractivity contribution < 1.29 is 26.7 Å². The smallest absolute Gasteiger partial charge is 0.387 e. The summed E-state index contributed by atoms with van der Waals surface area (Å²) in [4.78, 5) is 12.2. The number of nitrogens with two attached hydrogens (primary N) is 1. The van der Waals surface area contributed by atoms with Crippen LogP contribution in [0.2, 0.25) is 0 Å². The molecule has 2 aromatic carbocycles. The Kier molecular flexibility index (Phi) is 6.26. The molecular weight excluding hydrogens is 422 g/mol. The minimum atomic E-state index is -4.05. The summed E-state index contributed by atoms with van der Waals surface area (Å²) >= 11 is 0.927. The molecule has 0 radical (unpaired) electrons. The van der Waals surface area contributed by atoms with E-state index in [1.165, 1.54) is 29.6 Å². The molecule has 0 fully saturated rings. The molecule has 0 saturated heterocycles. The van der Waals surface area contributed by atoms with Crippen molar-refractivity contribution in [2.75, 3.05) is 5.32 Å². The highest BCUT2D eigenvalue weighted by Crippen LogP contribution is 2.28. The highest BCUT2D eigenvalue weighted by molar-refractivity contribution is 7.89. The van der Waals surface area contributed by atoms with E-state index in [2.05, 4.69) is 10.1 Å². The van der Waals surface area contributed by atoms with E-state index in [1.54, 1.807) is 0 Å². The molecule has 0 saturated carbocycles. The Labute approximate surface area is 170 Å². The molecule has 10 heteroatoms. The second kappa shape index (κ2) is 8.68. The number of thiophene rings is 1. The number of amides is 1. The number of nitrogens with one attached hydrogen (secondary N) is 1. The molecule has 0 aliphatic carbocycles. The Bertz CT molecular complexity index is 1120. The first-order chi connectivity index (χ1) is 13.7. The van der Waals surface area contributed by atoms with E-state index in [-0.39, 0.29) is 15.5 Å². The number of anilines is 1. The van der Waals surface area contributed by atoms with Gasteiger partial charge < -0.3 is 10.1 Å². The van der Waals surface area contributed by atoms with Gasteiger partial charge in [0.05, 0.1) is 0 Å². The Balaban J connectivity index is 1.89. The van der Waals surface area contributed by atoms with Crippen molar-refractivity contribution in [2.45, 2.75) is 17.9 Å². The summed E-state index contributed by atoms with van der Waals surface area (Å²) in [5.41, 5.74) is 1.60. The summed E-state index contributed by atoms with van der Waals surface area (Å²) in [5.74, 6) is -0.680. The fraction of sp³-hybridized carbons (Fsp3) is 0.105. The van der Waals surface area contributed by atoms with Crippen molar-refractivity contribution >= 4 is 33.0 Å². The topological polar surface area (TPSA) is 98.5 Å². The summed E-state index contributed by atoms with van der Waals surface area (Å²) in [6.45, 7) is -2.99. The molecule has 0 unspecified atom stereocenters. The van der Waals surface area contributed by atoms with Crippen molar-refractivity contribution in [3.8, 4) is 5.75 Å². The van der Waals surface area contributed by atoms with Crippen LogP contribution in [-0.4, -0.2) is 20.9 Å². The van der Waals surface area contributed by atoms with Crippen LogP contribution in [0.5, 0.6) is 5.75 Å². The number of halogens is 2. The Morgan fingerprint density at radius 1 is 1.14 bits per heavy atom. The number of carbonyl (C=O) groups is 1. The van der Waals surface area contributed by atoms with Crippen LogP contribution in [0.15, 0.2) is 64.9 Å². The predicted octanol–water partition coefficient (Wildman–Crippen LogP) is 3.84. The van der Waals surface area contributed by atoms with E-state index in [4.69, 9.17) is 5.14 Å². The lowest BCUT2D eigenvalue weighted by Gasteiger charge is -2.13. The molecule has 3 rings (SSSR count). The second-order valence-electron chi connectivity index (χ2n) is 5.98. The molecule has 6 nitrogen and oxygen atoms in total. The van der Waals surface area contributed by atoms with Crippen LogP contribution in [0.3, 0.4) is 0 Å². The molecule has 3 aromatic rings. The standard InChI is InChI=1S/C19H16F2N2O4S2/c20-19(21)27-15-7-6-14(11-13(15)10-12-4-2-1-3-5-12)23-18(24)17-16(8-9-28-17)29(22,25)26/h1-9,11,19H,10H2,(H,23,24)(H2,22,25,26). The number of hydrogen-bond acceptors (Lipinski definition) is 5. The average Bonchev–Trinajstić information content (AvgIpc) is 3.15. The number of rotatable bonds is 7. The zero-order chi connectivity index (χ0) is 21.0. The van der Waals surface area contributed by atoms with E-state index >= 15 is 0 Å². The van der Waals surface area contributed by atoms with E-state index in [9.17, 15) is 22.0 Å². The van der Waals surface area contributed by atoms with Crippen molar-refractivity contribution in [2.24, 2.45) is 5.14 Å². The lowest BCUT2D eigenvalue weighted by Crippen LogP contribution is -2.18. The Hall–Kier alpha value is -2.82. The fourth-order valence-corrected chi connectivity index (χ4v) is 4.57. The molecule has 0 aliphatic rings. The summed E-state index contributed by atoms with van der Waals surface area (Å²) < 4.78 is 53.2. The molecule has 0 atom stereocenters. The first kappa shape index (κ1) is 20.9. The molecule has 3 N–H and O–H groups in total. The van der Waals surface area contributed by atoms with Gasteiger partial charge in [-0.25, -0.2) is 13.6 Å². The largest absolute Gasteiger partial charge is 0.435 e. The minimum absolute atomic E-state index is 0.0109. The van der Waals surface area contributed by atoms with E-state index < -0.39 is 22.5 Å². The molecule has 0 aliphatic heterocycles. The second-order valence-corrected chi connectivity index (χ2v) is 8.42. The van der Waals surface area contributed by atoms with Gasteiger partial charge in [-0.15, -0.1) is 11.3 Å². The molecule has 29 heavy (non-hydrogen) atoms. The van der Waals surface area contributed by atoms with Crippen LogP contribution < -0.4 is 15.2 Å². The molecule has 1 amide bonds. The molecule has 0 bridgehead atoms. The first-order valence-electron chi connectivity index (χ1n) is 8.27. The predicted molar refractivity (Wildman–Crippen MR) is 106 cm³/mol. The molecular formula is C19H16F2N2O4S2. The Morgan fingerprint density at radius 2 is 1.86 bits per heavy atom. The van der Waals surface area contributed by atoms with Gasteiger partial charge in [0.25, 0.3) is 5.91 Å². The monoisotopic (exact) mass is 438 g/mol. The number of hydrogen-bond donors (Lipinski definition) is 2. The van der Waals surface area contributed by atoms with Crippen LogP contribution in [-0.2, 0) is 16.4 Å². The van der Waals surface area contributed by atoms with E-state index in [0.29, 0.717) is 17.7 Å². The number of benzene rings is 2. The number of alkyl halides is 2. The van der Waals surface area contributed by atoms with Crippen LogP contribution in [0, 0.1) is 0 Å². The van der Waals surface area contributed by atoms with Crippen LogP contribution >= 0.6 is 11.3 Å². The van der Waals surface area contributed by atoms with Gasteiger partial charge in [-0.1, -0.05) is 30.3 Å². The van der Waals surface area contributed by atoms with Crippen LogP contribution in [0.1, 0.15) is 20.8 Å². The molecule has 152 valence electrons.